The number of hydrogen-bond acceptors (Lipinski definition) is 5. The highest BCUT2D eigenvalue weighted by Crippen LogP contribution is 2.25. The SMILES string of the molecule is CNc1ccc(CN(C)C(C)COC)cc1[N+](=O)[O-]. The molecule has 0 aliphatic rings. The summed E-state index contributed by atoms with van der Waals surface area (Å²) in [7, 11) is 5.31. The molecule has 0 aliphatic carbocycles. The molecule has 6 heteroatoms. The third kappa shape index (κ3) is 4.18. The van der Waals surface area contributed by atoms with Gasteiger partial charge in [-0.1, -0.05) is 6.07 Å². The fourth-order valence-corrected chi connectivity index (χ4v) is 1.85. The summed E-state index contributed by atoms with van der Waals surface area (Å²) < 4.78 is 5.10. The summed E-state index contributed by atoms with van der Waals surface area (Å²) in [5.74, 6) is 0. The lowest BCUT2D eigenvalue weighted by atomic mass is 10.1. The van der Waals surface area contributed by atoms with Crippen LogP contribution in [-0.2, 0) is 11.3 Å². The molecule has 0 aliphatic heterocycles. The van der Waals surface area contributed by atoms with Crippen molar-refractivity contribution in [3.8, 4) is 0 Å². The molecule has 0 spiro atoms. The van der Waals surface area contributed by atoms with E-state index >= 15 is 0 Å². The molecular weight excluding hydrogens is 246 g/mol. The first-order valence-corrected chi connectivity index (χ1v) is 6.13. The Balaban J connectivity index is 2.85. The molecule has 1 rings (SSSR count). The zero-order chi connectivity index (χ0) is 14.4. The van der Waals surface area contributed by atoms with Gasteiger partial charge in [-0.2, -0.15) is 0 Å². The number of anilines is 1. The van der Waals surface area contributed by atoms with Gasteiger partial charge < -0.3 is 10.1 Å². The maximum atomic E-state index is 11.0. The van der Waals surface area contributed by atoms with Crippen LogP contribution in [0.4, 0.5) is 11.4 Å². The Morgan fingerprint density at radius 3 is 2.74 bits per heavy atom. The van der Waals surface area contributed by atoms with Gasteiger partial charge in [-0.25, -0.2) is 0 Å². The molecule has 1 N–H and O–H groups in total. The van der Waals surface area contributed by atoms with Gasteiger partial charge in [0.1, 0.15) is 5.69 Å². The van der Waals surface area contributed by atoms with Crippen LogP contribution in [0.2, 0.25) is 0 Å². The number of benzene rings is 1. The number of nitrogens with one attached hydrogen (secondary N) is 1. The lowest BCUT2D eigenvalue weighted by Crippen LogP contribution is -2.32. The summed E-state index contributed by atoms with van der Waals surface area (Å²) >= 11 is 0. The summed E-state index contributed by atoms with van der Waals surface area (Å²) in [6, 6.07) is 5.51. The Morgan fingerprint density at radius 1 is 1.53 bits per heavy atom. The number of methoxy groups -OCH3 is 1. The molecule has 0 aromatic heterocycles. The Labute approximate surface area is 113 Å². The average molecular weight is 267 g/mol. The Hall–Kier alpha value is -1.66. The van der Waals surface area contributed by atoms with Gasteiger partial charge in [0.05, 0.1) is 11.5 Å². The summed E-state index contributed by atoms with van der Waals surface area (Å²) in [5.41, 5.74) is 1.55. The van der Waals surface area contributed by atoms with Crippen molar-refractivity contribution in [2.24, 2.45) is 0 Å². The maximum Gasteiger partial charge on any atom is 0.292 e. The van der Waals surface area contributed by atoms with Crippen molar-refractivity contribution >= 4 is 11.4 Å². The molecule has 6 nitrogen and oxygen atoms in total. The molecule has 0 bridgehead atoms. The van der Waals surface area contributed by atoms with Crippen LogP contribution in [0, 0.1) is 10.1 Å². The van der Waals surface area contributed by atoms with Gasteiger partial charge in [-0.05, 0) is 25.6 Å². The van der Waals surface area contributed by atoms with E-state index < -0.39 is 0 Å². The molecule has 106 valence electrons. The summed E-state index contributed by atoms with van der Waals surface area (Å²) in [6.45, 7) is 3.34. The van der Waals surface area contributed by atoms with Crippen molar-refractivity contribution in [3.05, 3.63) is 33.9 Å². The van der Waals surface area contributed by atoms with E-state index in [-0.39, 0.29) is 16.7 Å². The number of hydrogen-bond donors (Lipinski definition) is 1. The molecule has 0 saturated carbocycles. The predicted octanol–water partition coefficient (Wildman–Crippen LogP) is 2.10. The van der Waals surface area contributed by atoms with Crippen molar-refractivity contribution in [1.82, 2.24) is 4.90 Å². The third-order valence-corrected chi connectivity index (χ3v) is 3.12. The molecule has 0 amide bonds. The van der Waals surface area contributed by atoms with E-state index in [0.717, 1.165) is 5.56 Å². The fourth-order valence-electron chi connectivity index (χ4n) is 1.85. The van der Waals surface area contributed by atoms with Crippen LogP contribution >= 0.6 is 0 Å². The van der Waals surface area contributed by atoms with Gasteiger partial charge in [0.25, 0.3) is 5.69 Å². The smallest absolute Gasteiger partial charge is 0.292 e. The molecule has 0 saturated heterocycles. The van der Waals surface area contributed by atoms with Gasteiger partial charge in [-0.15, -0.1) is 0 Å². The summed E-state index contributed by atoms with van der Waals surface area (Å²) in [5, 5.41) is 13.8. The molecule has 1 atom stereocenters. The molecule has 0 fully saturated rings. The van der Waals surface area contributed by atoms with Crippen LogP contribution in [0.15, 0.2) is 18.2 Å². The maximum absolute atomic E-state index is 11.0. The highest BCUT2D eigenvalue weighted by Gasteiger charge is 2.15. The van der Waals surface area contributed by atoms with Gasteiger partial charge >= 0.3 is 0 Å². The molecule has 1 aromatic rings. The largest absolute Gasteiger partial charge is 0.383 e. The van der Waals surface area contributed by atoms with E-state index in [1.54, 1.807) is 26.3 Å². The average Bonchev–Trinajstić information content (AvgIpc) is 2.38. The van der Waals surface area contributed by atoms with Crippen LogP contribution in [0.1, 0.15) is 12.5 Å². The highest BCUT2D eigenvalue weighted by molar-refractivity contribution is 5.62. The van der Waals surface area contributed by atoms with Crippen molar-refractivity contribution in [2.75, 3.05) is 33.1 Å². The zero-order valence-electron chi connectivity index (χ0n) is 11.8. The first-order chi connectivity index (χ1) is 8.99. The number of rotatable bonds is 7. The number of nitrogens with zero attached hydrogens (tertiary/aromatic N) is 2. The quantitative estimate of drug-likeness (QED) is 0.605. The standard InChI is InChI=1S/C13H21N3O3/c1-10(9-19-4)15(3)8-11-5-6-12(14-2)13(7-11)16(17)18/h5-7,10,14H,8-9H2,1-4H3. The Bertz CT molecular complexity index is 437. The van der Waals surface area contributed by atoms with Gasteiger partial charge in [0.15, 0.2) is 0 Å². The lowest BCUT2D eigenvalue weighted by Gasteiger charge is -2.24. The second-order valence-corrected chi connectivity index (χ2v) is 4.58. The van der Waals surface area contributed by atoms with Crippen LogP contribution < -0.4 is 5.32 Å². The third-order valence-electron chi connectivity index (χ3n) is 3.12. The predicted molar refractivity (Wildman–Crippen MR) is 75.4 cm³/mol. The van der Waals surface area contributed by atoms with Crippen molar-refractivity contribution in [3.63, 3.8) is 0 Å². The molecule has 1 unspecified atom stereocenters. The molecule has 19 heavy (non-hydrogen) atoms. The topological polar surface area (TPSA) is 67.6 Å². The second kappa shape index (κ2) is 7.06. The first kappa shape index (κ1) is 15.4. The van der Waals surface area contributed by atoms with E-state index in [2.05, 4.69) is 17.1 Å². The van der Waals surface area contributed by atoms with Crippen molar-refractivity contribution < 1.29 is 9.66 Å². The number of ether oxygens (including phenoxy) is 1. The number of likely N-dealkylation sites (N-methyl/N-ethyl adjacent to an activating group) is 1. The number of nitro benzene ring substituents is 1. The van der Waals surface area contributed by atoms with Crippen molar-refractivity contribution in [2.45, 2.75) is 19.5 Å². The fraction of sp³-hybridized carbons (Fsp3) is 0.538. The normalized spacial score (nSPS) is 12.5. The van der Waals surface area contributed by atoms with Gasteiger partial charge in [-0.3, -0.25) is 15.0 Å². The summed E-state index contributed by atoms with van der Waals surface area (Å²) in [4.78, 5) is 12.7. The highest BCUT2D eigenvalue weighted by atomic mass is 16.6. The molecular formula is C13H21N3O3. The minimum Gasteiger partial charge on any atom is -0.383 e. The minimum atomic E-state index is -0.367. The Kier molecular flexibility index (Phi) is 5.72. The van der Waals surface area contributed by atoms with E-state index in [1.165, 1.54) is 0 Å². The van der Waals surface area contributed by atoms with Gasteiger partial charge in [0.2, 0.25) is 0 Å². The monoisotopic (exact) mass is 267 g/mol. The zero-order valence-corrected chi connectivity index (χ0v) is 11.8. The second-order valence-electron chi connectivity index (χ2n) is 4.58. The lowest BCUT2D eigenvalue weighted by molar-refractivity contribution is -0.384. The van der Waals surface area contributed by atoms with Crippen LogP contribution in [0.25, 0.3) is 0 Å². The first-order valence-electron chi connectivity index (χ1n) is 6.13. The van der Waals surface area contributed by atoms with Crippen LogP contribution in [0.3, 0.4) is 0 Å². The molecule has 0 heterocycles. The van der Waals surface area contributed by atoms with Crippen molar-refractivity contribution in [1.29, 1.82) is 0 Å². The van der Waals surface area contributed by atoms with Crippen LogP contribution in [-0.4, -0.2) is 43.7 Å². The van der Waals surface area contributed by atoms with E-state index in [9.17, 15) is 10.1 Å². The van der Waals surface area contributed by atoms with E-state index in [4.69, 9.17) is 4.74 Å². The molecule has 1 aromatic carbocycles. The summed E-state index contributed by atoms with van der Waals surface area (Å²) in [6.07, 6.45) is 0. The van der Waals surface area contributed by atoms with E-state index in [0.29, 0.717) is 18.8 Å². The van der Waals surface area contributed by atoms with Crippen LogP contribution in [0.5, 0.6) is 0 Å². The Morgan fingerprint density at radius 2 is 2.21 bits per heavy atom. The number of nitro groups is 1. The molecule has 0 radical (unpaired) electrons. The van der Waals surface area contributed by atoms with Gasteiger partial charge in [0, 0.05) is 32.8 Å². The minimum absolute atomic E-state index is 0.104. The van der Waals surface area contributed by atoms with E-state index in [1.807, 2.05) is 13.1 Å².